The zero-order valence-corrected chi connectivity index (χ0v) is 20.7. The smallest absolute Gasteiger partial charge is 0.379 e. The van der Waals surface area contributed by atoms with Gasteiger partial charge in [-0.1, -0.05) is 0 Å². The summed E-state index contributed by atoms with van der Waals surface area (Å²) in [5.74, 6) is 0.147. The molecule has 4 rings (SSSR count). The Morgan fingerprint density at radius 3 is 2.50 bits per heavy atom. The van der Waals surface area contributed by atoms with Gasteiger partial charge in [0.2, 0.25) is 5.91 Å². The van der Waals surface area contributed by atoms with Crippen molar-refractivity contribution in [3.05, 3.63) is 56.5 Å². The molecule has 15 heteroatoms. The number of rotatable bonds is 8. The van der Waals surface area contributed by atoms with E-state index in [1.54, 1.807) is 18.9 Å². The van der Waals surface area contributed by atoms with Crippen LogP contribution in [0.2, 0.25) is 0 Å². The molecule has 2 fully saturated rings. The number of non-ortho nitro benzene ring substituents is 1. The number of benzene rings is 1. The summed E-state index contributed by atoms with van der Waals surface area (Å²) >= 11 is 0. The van der Waals surface area contributed by atoms with Gasteiger partial charge in [0, 0.05) is 25.2 Å². The van der Waals surface area contributed by atoms with Crippen LogP contribution in [0.15, 0.2) is 18.2 Å². The molecule has 0 spiro atoms. The van der Waals surface area contributed by atoms with Crippen molar-refractivity contribution in [1.82, 2.24) is 20.4 Å². The Bertz CT molecular complexity index is 1180. The Labute approximate surface area is 215 Å². The number of nitrogens with one attached hydrogen (secondary N) is 2. The van der Waals surface area contributed by atoms with Crippen LogP contribution in [0.3, 0.4) is 0 Å². The van der Waals surface area contributed by atoms with Crippen molar-refractivity contribution in [1.29, 1.82) is 0 Å². The quantitative estimate of drug-likeness (QED) is 0.379. The first kappa shape index (κ1) is 27.6. The fourth-order valence-corrected chi connectivity index (χ4v) is 4.14. The topological polar surface area (TPSA) is 141 Å². The van der Waals surface area contributed by atoms with Gasteiger partial charge in [-0.05, 0) is 25.5 Å². The number of carbonyl (C=O) groups excluding carboxylic acids is 1. The van der Waals surface area contributed by atoms with Gasteiger partial charge in [-0.25, -0.2) is 15.0 Å². The molecule has 1 amide bonds. The third-order valence-electron chi connectivity index (χ3n) is 5.95. The average molecular weight is 540 g/mol. The van der Waals surface area contributed by atoms with Crippen molar-refractivity contribution in [3.63, 3.8) is 0 Å². The summed E-state index contributed by atoms with van der Waals surface area (Å²) in [5, 5.41) is 16.1. The first-order valence-corrected chi connectivity index (χ1v) is 11.9. The average Bonchev–Trinajstić information content (AvgIpc) is 3.38. The maximum atomic E-state index is 13.4. The Morgan fingerprint density at radius 1 is 1.18 bits per heavy atom. The van der Waals surface area contributed by atoms with Crippen LogP contribution in [0, 0.1) is 17.0 Å². The molecule has 0 unspecified atom stereocenters. The van der Waals surface area contributed by atoms with E-state index in [1.807, 2.05) is 0 Å². The Morgan fingerprint density at radius 2 is 1.87 bits per heavy atom. The first-order chi connectivity index (χ1) is 18.0. The molecule has 38 heavy (non-hydrogen) atoms. The zero-order valence-electron chi connectivity index (χ0n) is 20.7. The second-order valence-corrected chi connectivity index (χ2v) is 8.80. The molecule has 0 bridgehead atoms. The molecule has 0 radical (unpaired) electrons. The van der Waals surface area contributed by atoms with Gasteiger partial charge in [-0.2, -0.15) is 13.2 Å². The largest absolute Gasteiger partial charge is 0.416 e. The highest BCUT2D eigenvalue weighted by molar-refractivity contribution is 5.78. The van der Waals surface area contributed by atoms with E-state index in [9.17, 15) is 28.1 Å². The minimum Gasteiger partial charge on any atom is -0.379 e. The number of ether oxygens (including phenoxy) is 3. The molecule has 2 aliphatic rings. The van der Waals surface area contributed by atoms with Crippen molar-refractivity contribution in [2.24, 2.45) is 0 Å². The summed E-state index contributed by atoms with van der Waals surface area (Å²) in [7, 11) is 0. The molecule has 3 heterocycles. The third-order valence-corrected chi connectivity index (χ3v) is 5.95. The lowest BCUT2D eigenvalue weighted by molar-refractivity contribution is -0.385. The molecule has 2 aliphatic heterocycles. The number of nitro benzene ring substituents is 1. The molecule has 1 aromatic heterocycles. The molecule has 206 valence electrons. The molecule has 1 atom stereocenters. The van der Waals surface area contributed by atoms with E-state index in [0.29, 0.717) is 49.5 Å². The van der Waals surface area contributed by atoms with Crippen LogP contribution in [0.4, 0.5) is 24.7 Å². The second kappa shape index (κ2) is 11.6. The normalized spacial score (nSPS) is 17.8. The van der Waals surface area contributed by atoms with Gasteiger partial charge in [-0.3, -0.25) is 20.3 Å². The Balaban J connectivity index is 1.65. The van der Waals surface area contributed by atoms with Gasteiger partial charge in [0.25, 0.3) is 5.69 Å². The van der Waals surface area contributed by atoms with E-state index >= 15 is 0 Å². The number of hydrogen-bond donors (Lipinski definition) is 2. The number of morpholine rings is 1. The number of hydrogen-bond acceptors (Lipinski definition) is 10. The highest BCUT2D eigenvalue weighted by atomic mass is 19.4. The van der Waals surface area contributed by atoms with E-state index in [0.717, 1.165) is 12.1 Å². The predicted molar refractivity (Wildman–Crippen MR) is 126 cm³/mol. The van der Waals surface area contributed by atoms with Crippen molar-refractivity contribution in [2.45, 2.75) is 38.8 Å². The van der Waals surface area contributed by atoms with Crippen LogP contribution in [0.5, 0.6) is 0 Å². The number of aryl methyl sites for hydroxylation is 1. The number of amides is 1. The number of hydrazine groups is 1. The Hall–Kier alpha value is -3.40. The lowest BCUT2D eigenvalue weighted by atomic mass is 10.0. The molecular weight excluding hydrogens is 513 g/mol. The highest BCUT2D eigenvalue weighted by Crippen LogP contribution is 2.36. The fourth-order valence-electron chi connectivity index (χ4n) is 4.14. The summed E-state index contributed by atoms with van der Waals surface area (Å²) in [6, 6.07) is 1.56. The molecule has 0 aliphatic carbocycles. The number of halogens is 3. The van der Waals surface area contributed by atoms with E-state index in [2.05, 4.69) is 20.7 Å². The van der Waals surface area contributed by atoms with Crippen LogP contribution in [0.1, 0.15) is 47.5 Å². The van der Waals surface area contributed by atoms with Crippen molar-refractivity contribution >= 4 is 17.4 Å². The molecule has 12 nitrogen and oxygen atoms in total. The highest BCUT2D eigenvalue weighted by Gasteiger charge is 2.34. The molecule has 2 saturated heterocycles. The predicted octanol–water partition coefficient (Wildman–Crippen LogP) is 2.84. The standard InChI is InChI=1S/C23H27F3N6O6/c1-13(15-9-16(23(24,25)26)11-17(10-15)32(34)35)27-21-20(22-37-7-8-38-22)18(28-14(2)29-21)12-19(33)30-31-3-5-36-6-4-31/h9-11,13,22H,3-8,12H2,1-2H3,(H,30,33)(H,27,28,29)/t13-/m1/s1. The van der Waals surface area contributed by atoms with Crippen LogP contribution in [-0.2, 0) is 31.6 Å². The van der Waals surface area contributed by atoms with Gasteiger partial charge in [0.05, 0.1) is 60.6 Å². The summed E-state index contributed by atoms with van der Waals surface area (Å²) in [6.45, 7) is 5.76. The monoisotopic (exact) mass is 540 g/mol. The minimum atomic E-state index is -4.77. The van der Waals surface area contributed by atoms with Gasteiger partial charge >= 0.3 is 6.18 Å². The number of nitro groups is 1. The van der Waals surface area contributed by atoms with Gasteiger partial charge in [-0.15, -0.1) is 0 Å². The van der Waals surface area contributed by atoms with E-state index < -0.39 is 34.7 Å². The maximum absolute atomic E-state index is 13.4. The van der Waals surface area contributed by atoms with Crippen molar-refractivity contribution in [2.75, 3.05) is 44.8 Å². The number of anilines is 1. The Kier molecular flexibility index (Phi) is 8.40. The SMILES string of the molecule is Cc1nc(CC(=O)NN2CCOCC2)c(C2OCCO2)c(N[C@H](C)c2cc([N+](=O)[O-])cc(C(F)(F)F)c2)n1. The lowest BCUT2D eigenvalue weighted by Crippen LogP contribution is -2.49. The molecular formula is C23H27F3N6O6. The van der Waals surface area contributed by atoms with Gasteiger partial charge in [0.15, 0.2) is 6.29 Å². The number of nitrogens with zero attached hydrogens (tertiary/aromatic N) is 4. The molecule has 2 N–H and O–H groups in total. The summed E-state index contributed by atoms with van der Waals surface area (Å²) in [6.07, 6.45) is -5.83. The lowest BCUT2D eigenvalue weighted by Gasteiger charge is -2.27. The van der Waals surface area contributed by atoms with E-state index in [-0.39, 0.29) is 36.9 Å². The number of aromatic nitrogens is 2. The second-order valence-electron chi connectivity index (χ2n) is 8.80. The van der Waals surface area contributed by atoms with Crippen LogP contribution >= 0.6 is 0 Å². The fraction of sp³-hybridized carbons (Fsp3) is 0.522. The van der Waals surface area contributed by atoms with Gasteiger partial charge < -0.3 is 19.5 Å². The maximum Gasteiger partial charge on any atom is 0.416 e. The zero-order chi connectivity index (χ0) is 27.4. The number of alkyl halides is 3. The summed E-state index contributed by atoms with van der Waals surface area (Å²) < 4.78 is 56.9. The number of carbonyl (C=O) groups is 1. The summed E-state index contributed by atoms with van der Waals surface area (Å²) in [4.78, 5) is 32.1. The van der Waals surface area contributed by atoms with Crippen molar-refractivity contribution < 1.29 is 37.1 Å². The van der Waals surface area contributed by atoms with E-state index in [1.165, 1.54) is 0 Å². The van der Waals surface area contributed by atoms with Crippen molar-refractivity contribution in [3.8, 4) is 0 Å². The van der Waals surface area contributed by atoms with Crippen LogP contribution in [-0.4, -0.2) is 65.3 Å². The van der Waals surface area contributed by atoms with Crippen LogP contribution in [0.25, 0.3) is 0 Å². The minimum absolute atomic E-state index is 0.0219. The third kappa shape index (κ3) is 6.72. The van der Waals surface area contributed by atoms with Crippen LogP contribution < -0.4 is 10.7 Å². The summed E-state index contributed by atoms with van der Waals surface area (Å²) in [5.41, 5.74) is 1.65. The van der Waals surface area contributed by atoms with Gasteiger partial charge in [0.1, 0.15) is 11.6 Å². The molecule has 0 saturated carbocycles. The molecule has 2 aromatic rings. The first-order valence-electron chi connectivity index (χ1n) is 11.9. The van der Waals surface area contributed by atoms with E-state index in [4.69, 9.17) is 14.2 Å². The molecule has 1 aromatic carbocycles.